The molecule has 4 heteroatoms. The summed E-state index contributed by atoms with van der Waals surface area (Å²) in [6.07, 6.45) is 7.67. The maximum atomic E-state index is 6.10. The lowest BCUT2D eigenvalue weighted by molar-refractivity contribution is 0.190. The van der Waals surface area contributed by atoms with Crippen molar-refractivity contribution in [2.24, 2.45) is 22.6 Å². The van der Waals surface area contributed by atoms with E-state index >= 15 is 0 Å². The summed E-state index contributed by atoms with van der Waals surface area (Å²) < 4.78 is 0. The molecule has 0 saturated carbocycles. The lowest BCUT2D eigenvalue weighted by atomic mass is 9.99. The lowest BCUT2D eigenvalue weighted by Crippen LogP contribution is -2.42. The Morgan fingerprint density at radius 1 is 0.952 bits per heavy atom. The van der Waals surface area contributed by atoms with E-state index < -0.39 is 0 Å². The minimum Gasteiger partial charge on any atom is -0.370 e. The quantitative estimate of drug-likeness (QED) is 0.481. The summed E-state index contributed by atoms with van der Waals surface area (Å²) in [5.74, 6) is 2.55. The maximum absolute atomic E-state index is 6.10. The van der Waals surface area contributed by atoms with Gasteiger partial charge < -0.3 is 15.5 Å². The van der Waals surface area contributed by atoms with Gasteiger partial charge >= 0.3 is 0 Å². The van der Waals surface area contributed by atoms with Crippen LogP contribution in [0.1, 0.15) is 52.4 Å². The van der Waals surface area contributed by atoms with Gasteiger partial charge in [-0.1, -0.05) is 13.8 Å². The smallest absolute Gasteiger partial charge is 0.191 e. The van der Waals surface area contributed by atoms with Gasteiger partial charge in [-0.2, -0.15) is 0 Å². The highest BCUT2D eigenvalue weighted by Gasteiger charge is 2.17. The van der Waals surface area contributed by atoms with E-state index in [1.165, 1.54) is 51.7 Å². The van der Waals surface area contributed by atoms with Crippen molar-refractivity contribution in [3.63, 3.8) is 0 Å². The Morgan fingerprint density at radius 2 is 1.52 bits per heavy atom. The van der Waals surface area contributed by atoms with E-state index in [-0.39, 0.29) is 0 Å². The number of piperidine rings is 2. The molecule has 2 aliphatic rings. The molecule has 0 amide bonds. The number of guanidine groups is 1. The molecule has 0 aliphatic carbocycles. The number of likely N-dealkylation sites (tertiary alicyclic amines) is 2. The largest absolute Gasteiger partial charge is 0.370 e. The molecule has 0 aromatic carbocycles. The van der Waals surface area contributed by atoms with Gasteiger partial charge in [0, 0.05) is 19.6 Å². The number of nitrogens with zero attached hydrogens (tertiary/aromatic N) is 3. The van der Waals surface area contributed by atoms with E-state index in [2.05, 4.69) is 28.6 Å². The second-order valence-electron chi connectivity index (χ2n) is 7.14. The number of rotatable bonds is 5. The first-order chi connectivity index (χ1) is 10.1. The molecule has 0 atom stereocenters. The predicted octanol–water partition coefficient (Wildman–Crippen LogP) is 2.55. The summed E-state index contributed by atoms with van der Waals surface area (Å²) in [5, 5.41) is 0. The molecule has 0 aromatic heterocycles. The van der Waals surface area contributed by atoms with Crippen LogP contribution in [0, 0.1) is 11.8 Å². The average molecular weight is 294 g/mol. The fourth-order valence-electron chi connectivity index (χ4n) is 3.26. The monoisotopic (exact) mass is 294 g/mol. The topological polar surface area (TPSA) is 44.9 Å². The number of nitrogens with two attached hydrogens (primary N) is 1. The highest BCUT2D eigenvalue weighted by Crippen LogP contribution is 2.16. The van der Waals surface area contributed by atoms with Gasteiger partial charge in [0.15, 0.2) is 5.96 Å². The zero-order chi connectivity index (χ0) is 15.1. The van der Waals surface area contributed by atoms with Crippen LogP contribution in [0.4, 0.5) is 0 Å². The predicted molar refractivity (Wildman–Crippen MR) is 90.5 cm³/mol. The van der Waals surface area contributed by atoms with E-state index in [1.54, 1.807) is 0 Å². The molecule has 2 N–H and O–H groups in total. The average Bonchev–Trinajstić information content (AvgIpc) is 2.49. The van der Waals surface area contributed by atoms with Gasteiger partial charge in [0.25, 0.3) is 0 Å². The first-order valence-corrected chi connectivity index (χ1v) is 8.92. The van der Waals surface area contributed by atoms with Crippen LogP contribution in [-0.2, 0) is 0 Å². The Kier molecular flexibility index (Phi) is 6.81. The van der Waals surface area contributed by atoms with E-state index in [1.807, 2.05) is 0 Å². The molecule has 0 bridgehead atoms. The van der Waals surface area contributed by atoms with Gasteiger partial charge in [0.2, 0.25) is 0 Å². The Hall–Kier alpha value is -0.770. The van der Waals surface area contributed by atoms with Crippen LogP contribution in [0.15, 0.2) is 4.99 Å². The summed E-state index contributed by atoms with van der Waals surface area (Å²) >= 11 is 0. The Balaban J connectivity index is 1.55. The minimum atomic E-state index is 0.772. The third-order valence-corrected chi connectivity index (χ3v) is 5.14. The van der Waals surface area contributed by atoms with Gasteiger partial charge in [0.1, 0.15) is 0 Å². The normalized spacial score (nSPS) is 23.7. The van der Waals surface area contributed by atoms with Gasteiger partial charge in [-0.05, 0) is 70.0 Å². The zero-order valence-electron chi connectivity index (χ0n) is 14.1. The van der Waals surface area contributed by atoms with E-state index in [0.717, 1.165) is 43.9 Å². The van der Waals surface area contributed by atoms with Crippen molar-refractivity contribution in [1.82, 2.24) is 9.80 Å². The maximum Gasteiger partial charge on any atom is 0.191 e. The number of aliphatic imine (C=N–C) groups is 1. The van der Waals surface area contributed by atoms with E-state index in [0.29, 0.717) is 0 Å². The third-order valence-electron chi connectivity index (χ3n) is 5.14. The molecule has 2 saturated heterocycles. The Labute approximate surface area is 130 Å². The minimum absolute atomic E-state index is 0.772. The van der Waals surface area contributed by atoms with Gasteiger partial charge in [0.05, 0.1) is 0 Å². The number of unbranched alkanes of at least 4 members (excludes halogenated alkanes) is 1. The third kappa shape index (κ3) is 5.85. The highest BCUT2D eigenvalue weighted by molar-refractivity contribution is 5.78. The number of hydrogen-bond acceptors (Lipinski definition) is 2. The molecule has 0 aromatic rings. The standard InChI is InChI=1S/C17H34N4/c1-15-5-11-20(12-6-15)10-4-3-9-19-17(18)21-13-7-16(2)8-14-21/h15-16H,3-14H2,1-2H3,(H2,18,19). The van der Waals surface area contributed by atoms with Gasteiger partial charge in [-0.15, -0.1) is 0 Å². The molecular weight excluding hydrogens is 260 g/mol. The molecule has 122 valence electrons. The molecular formula is C17H34N4. The molecule has 2 aliphatic heterocycles. The number of hydrogen-bond donors (Lipinski definition) is 1. The molecule has 0 spiro atoms. The van der Waals surface area contributed by atoms with Crippen LogP contribution in [0.3, 0.4) is 0 Å². The van der Waals surface area contributed by atoms with Crippen molar-refractivity contribution in [3.05, 3.63) is 0 Å². The molecule has 21 heavy (non-hydrogen) atoms. The van der Waals surface area contributed by atoms with Crippen molar-refractivity contribution < 1.29 is 0 Å². The summed E-state index contributed by atoms with van der Waals surface area (Å²) in [6.45, 7) is 11.6. The van der Waals surface area contributed by atoms with Crippen LogP contribution >= 0.6 is 0 Å². The van der Waals surface area contributed by atoms with Crippen molar-refractivity contribution in [2.45, 2.75) is 52.4 Å². The second kappa shape index (κ2) is 8.62. The van der Waals surface area contributed by atoms with Crippen molar-refractivity contribution in [2.75, 3.05) is 39.3 Å². The summed E-state index contributed by atoms with van der Waals surface area (Å²) in [7, 11) is 0. The van der Waals surface area contributed by atoms with Crippen LogP contribution in [0.25, 0.3) is 0 Å². The summed E-state index contributed by atoms with van der Waals surface area (Å²) in [6, 6.07) is 0. The summed E-state index contributed by atoms with van der Waals surface area (Å²) in [5.41, 5.74) is 6.10. The molecule has 0 radical (unpaired) electrons. The van der Waals surface area contributed by atoms with Crippen LogP contribution in [0.5, 0.6) is 0 Å². The molecule has 4 nitrogen and oxygen atoms in total. The Bertz CT molecular complexity index is 313. The van der Waals surface area contributed by atoms with Crippen molar-refractivity contribution in [3.8, 4) is 0 Å². The fourth-order valence-corrected chi connectivity index (χ4v) is 3.26. The summed E-state index contributed by atoms with van der Waals surface area (Å²) in [4.78, 5) is 9.44. The fraction of sp³-hybridized carbons (Fsp3) is 0.941. The van der Waals surface area contributed by atoms with Gasteiger partial charge in [-0.3, -0.25) is 4.99 Å². The zero-order valence-corrected chi connectivity index (χ0v) is 14.1. The lowest BCUT2D eigenvalue weighted by Gasteiger charge is -2.31. The first kappa shape index (κ1) is 16.6. The van der Waals surface area contributed by atoms with Crippen LogP contribution in [0.2, 0.25) is 0 Å². The van der Waals surface area contributed by atoms with Crippen LogP contribution in [-0.4, -0.2) is 55.0 Å². The second-order valence-corrected chi connectivity index (χ2v) is 7.14. The molecule has 2 heterocycles. The molecule has 2 fully saturated rings. The van der Waals surface area contributed by atoms with Gasteiger partial charge in [-0.25, -0.2) is 0 Å². The van der Waals surface area contributed by atoms with Crippen molar-refractivity contribution in [1.29, 1.82) is 0 Å². The first-order valence-electron chi connectivity index (χ1n) is 8.92. The SMILES string of the molecule is CC1CCN(CCCCN=C(N)N2CCC(C)CC2)CC1. The van der Waals surface area contributed by atoms with Crippen LogP contribution < -0.4 is 5.73 Å². The molecule has 2 rings (SSSR count). The molecule has 0 unspecified atom stereocenters. The highest BCUT2D eigenvalue weighted by atomic mass is 15.3. The van der Waals surface area contributed by atoms with E-state index in [4.69, 9.17) is 5.73 Å². The van der Waals surface area contributed by atoms with Crippen molar-refractivity contribution >= 4 is 5.96 Å². The van der Waals surface area contributed by atoms with E-state index in [9.17, 15) is 0 Å². The Morgan fingerprint density at radius 3 is 2.14 bits per heavy atom.